The topological polar surface area (TPSA) is 29.1 Å². The Balaban J connectivity index is 2.74. The van der Waals surface area contributed by atoms with E-state index in [0.717, 1.165) is 5.69 Å². The average Bonchev–Trinajstić information content (AvgIpc) is 2.07. The zero-order valence-corrected chi connectivity index (χ0v) is 6.94. The maximum atomic E-state index is 9.89. The van der Waals surface area contributed by atoms with Crippen LogP contribution in [-0.4, -0.2) is 12.7 Å². The van der Waals surface area contributed by atoms with Crippen molar-refractivity contribution < 1.29 is 4.79 Å². The minimum atomic E-state index is 0.776. The van der Waals surface area contributed by atoms with Crippen LogP contribution < -0.4 is 5.32 Å². The molecule has 0 aliphatic heterocycles. The van der Waals surface area contributed by atoms with Crippen molar-refractivity contribution in [1.82, 2.24) is 0 Å². The molecule has 0 spiro atoms. The largest absolute Gasteiger partial charge is 0.318 e. The Morgan fingerprint density at radius 3 is 2.45 bits per heavy atom. The second-order valence-electron chi connectivity index (χ2n) is 1.96. The molecule has 0 saturated heterocycles. The average molecular weight is 166 g/mol. The molecule has 1 N–H and O–H groups in total. The van der Waals surface area contributed by atoms with Crippen molar-refractivity contribution in [3.63, 3.8) is 0 Å². The number of hydrogen-bond acceptors (Lipinski definition) is 2. The first-order valence-corrected chi connectivity index (χ1v) is 4.36. The Morgan fingerprint density at radius 2 is 2.00 bits per heavy atom. The molecule has 11 heavy (non-hydrogen) atoms. The minimum Gasteiger partial charge on any atom is -0.318 e. The molecule has 2 nitrogen and oxygen atoms in total. The van der Waals surface area contributed by atoms with E-state index in [-0.39, 0.29) is 0 Å². The summed E-state index contributed by atoms with van der Waals surface area (Å²) in [7, 11) is 0. The highest BCUT2D eigenvalue weighted by atomic mass is 32.2. The molecule has 0 atom stereocenters. The summed E-state index contributed by atoms with van der Waals surface area (Å²) in [6.45, 7) is 0. The molecule has 0 unspecified atom stereocenters. The molecule has 0 aromatic heterocycles. The van der Waals surface area contributed by atoms with E-state index in [4.69, 9.17) is 0 Å². The molecule has 1 rings (SSSR count). The smallest absolute Gasteiger partial charge is 0.314 e. The van der Waals surface area contributed by atoms with E-state index in [2.05, 4.69) is 5.32 Å². The Kier molecular flexibility index (Phi) is 2.98. The van der Waals surface area contributed by atoms with Gasteiger partial charge in [-0.15, -0.1) is 11.8 Å². The van der Waals surface area contributed by atoms with Gasteiger partial charge in [-0.25, -0.2) is 0 Å². The number of nitrogens with one attached hydrogen (secondary N) is 1. The summed E-state index contributed by atoms with van der Waals surface area (Å²) in [5.41, 5.74) is 0.776. The fourth-order valence-corrected chi connectivity index (χ4v) is 1.14. The van der Waals surface area contributed by atoms with Gasteiger partial charge in [0, 0.05) is 10.6 Å². The van der Waals surface area contributed by atoms with E-state index in [1.807, 2.05) is 30.5 Å². The summed E-state index contributed by atoms with van der Waals surface area (Å²) in [4.78, 5) is 11.1. The van der Waals surface area contributed by atoms with Crippen molar-refractivity contribution >= 4 is 23.9 Å². The Labute approximate surface area is 70.0 Å². The number of carbonyl (C=O) groups excluding carboxylic acids is 1. The first-order valence-electron chi connectivity index (χ1n) is 3.14. The van der Waals surface area contributed by atoms with E-state index in [1.165, 1.54) is 4.90 Å². The van der Waals surface area contributed by atoms with Crippen LogP contribution in [0.2, 0.25) is 0 Å². The van der Waals surface area contributed by atoms with Gasteiger partial charge >= 0.3 is 6.41 Å². The second-order valence-corrected chi connectivity index (χ2v) is 2.84. The lowest BCUT2D eigenvalue weighted by Gasteiger charge is -1.98. The summed E-state index contributed by atoms with van der Waals surface area (Å²) >= 11 is 1.67. The monoisotopic (exact) mass is 166 g/mol. The third-order valence-corrected chi connectivity index (χ3v) is 2.03. The van der Waals surface area contributed by atoms with E-state index >= 15 is 0 Å². The lowest BCUT2D eigenvalue weighted by molar-refractivity contribution is 0.561. The lowest BCUT2D eigenvalue weighted by Crippen LogP contribution is -1.92. The molecule has 1 aromatic carbocycles. The molecule has 1 aromatic rings. The van der Waals surface area contributed by atoms with Crippen LogP contribution in [-0.2, 0) is 4.79 Å². The SMILES string of the molecule is CSc1ccc(N[C]=O)cc1. The van der Waals surface area contributed by atoms with Gasteiger partial charge in [0.1, 0.15) is 0 Å². The van der Waals surface area contributed by atoms with Crippen molar-refractivity contribution in [2.45, 2.75) is 4.90 Å². The second kappa shape index (κ2) is 4.03. The maximum absolute atomic E-state index is 9.89. The number of rotatable bonds is 3. The molecule has 1 radical (unpaired) electrons. The standard InChI is InChI=1S/C8H8NOS/c1-11-8-4-2-7(3-5-8)9-6-10/h2-5H,1H3,(H,9,10). The number of anilines is 1. The molecule has 0 saturated carbocycles. The molecule has 57 valence electrons. The van der Waals surface area contributed by atoms with Gasteiger partial charge in [-0.05, 0) is 30.5 Å². The number of hydrogen-bond donors (Lipinski definition) is 1. The van der Waals surface area contributed by atoms with Crippen LogP contribution in [0.25, 0.3) is 0 Å². The Hall–Kier alpha value is -0.960. The molecule has 0 aliphatic rings. The molecule has 0 bridgehead atoms. The van der Waals surface area contributed by atoms with Gasteiger partial charge in [0.05, 0.1) is 0 Å². The summed E-state index contributed by atoms with van der Waals surface area (Å²) in [5.74, 6) is 0. The third kappa shape index (κ3) is 2.27. The van der Waals surface area contributed by atoms with Gasteiger partial charge < -0.3 is 5.32 Å². The van der Waals surface area contributed by atoms with Gasteiger partial charge in [0.15, 0.2) is 0 Å². The Morgan fingerprint density at radius 1 is 1.36 bits per heavy atom. The van der Waals surface area contributed by atoms with Crippen molar-refractivity contribution in [3.8, 4) is 0 Å². The third-order valence-electron chi connectivity index (χ3n) is 1.29. The highest BCUT2D eigenvalue weighted by molar-refractivity contribution is 7.98. The highest BCUT2D eigenvalue weighted by Gasteiger charge is 1.90. The normalized spacial score (nSPS) is 9.18. The first kappa shape index (κ1) is 8.14. The molecule has 3 heteroatoms. The van der Waals surface area contributed by atoms with Crippen LogP contribution in [0, 0.1) is 0 Å². The summed E-state index contributed by atoms with van der Waals surface area (Å²) in [6, 6.07) is 7.59. The molecule has 1 amide bonds. The van der Waals surface area contributed by atoms with Crippen LogP contribution in [0.3, 0.4) is 0 Å². The predicted molar refractivity (Wildman–Crippen MR) is 47.5 cm³/mol. The van der Waals surface area contributed by atoms with Gasteiger partial charge in [-0.3, -0.25) is 4.79 Å². The summed E-state index contributed by atoms with van der Waals surface area (Å²) in [6.07, 6.45) is 3.62. The molecule has 0 aliphatic carbocycles. The number of thioether (sulfide) groups is 1. The minimum absolute atomic E-state index is 0.776. The summed E-state index contributed by atoms with van der Waals surface area (Å²) in [5, 5.41) is 2.44. The van der Waals surface area contributed by atoms with Crippen molar-refractivity contribution in [2.24, 2.45) is 0 Å². The fourth-order valence-electron chi connectivity index (χ4n) is 0.733. The van der Waals surface area contributed by atoms with Crippen LogP contribution in [0.15, 0.2) is 29.2 Å². The highest BCUT2D eigenvalue weighted by Crippen LogP contribution is 2.16. The van der Waals surface area contributed by atoms with Gasteiger partial charge in [-0.1, -0.05) is 0 Å². The molecule has 0 fully saturated rings. The van der Waals surface area contributed by atoms with E-state index in [0.29, 0.717) is 0 Å². The fraction of sp³-hybridized carbons (Fsp3) is 0.125. The molecular formula is C8H8NOS. The summed E-state index contributed by atoms with van der Waals surface area (Å²) < 4.78 is 0. The van der Waals surface area contributed by atoms with Crippen molar-refractivity contribution in [3.05, 3.63) is 24.3 Å². The van der Waals surface area contributed by atoms with Gasteiger partial charge in [0.2, 0.25) is 0 Å². The Bertz CT molecular complexity index is 232. The maximum Gasteiger partial charge on any atom is 0.314 e. The van der Waals surface area contributed by atoms with Gasteiger partial charge in [0.25, 0.3) is 0 Å². The van der Waals surface area contributed by atoms with Crippen molar-refractivity contribution in [1.29, 1.82) is 0 Å². The molecular weight excluding hydrogens is 158 g/mol. The zero-order chi connectivity index (χ0) is 8.10. The van der Waals surface area contributed by atoms with Gasteiger partial charge in [-0.2, -0.15) is 0 Å². The van der Waals surface area contributed by atoms with Crippen LogP contribution in [0.1, 0.15) is 0 Å². The number of amides is 1. The van der Waals surface area contributed by atoms with Crippen LogP contribution >= 0.6 is 11.8 Å². The molecule has 0 heterocycles. The van der Waals surface area contributed by atoms with E-state index in [9.17, 15) is 4.79 Å². The first-order chi connectivity index (χ1) is 5.36. The van der Waals surface area contributed by atoms with Crippen LogP contribution in [0.4, 0.5) is 5.69 Å². The quantitative estimate of drug-likeness (QED) is 0.548. The van der Waals surface area contributed by atoms with Crippen LogP contribution in [0.5, 0.6) is 0 Å². The predicted octanol–water partition coefficient (Wildman–Crippen LogP) is 1.89. The van der Waals surface area contributed by atoms with Crippen molar-refractivity contribution in [2.75, 3.05) is 11.6 Å². The van der Waals surface area contributed by atoms with E-state index < -0.39 is 0 Å². The van der Waals surface area contributed by atoms with E-state index in [1.54, 1.807) is 18.2 Å². The zero-order valence-electron chi connectivity index (χ0n) is 6.13. The lowest BCUT2D eigenvalue weighted by atomic mass is 10.3. The number of benzene rings is 1.